The van der Waals surface area contributed by atoms with Crippen LogP contribution in [0, 0.1) is 0 Å². The van der Waals surface area contributed by atoms with Crippen molar-refractivity contribution in [1.82, 2.24) is 4.90 Å². The molecular formula is C22H15N2O3S2-. The normalized spacial score (nSPS) is 16.7. The number of aliphatic imine (C=N–C) groups is 1. The van der Waals surface area contributed by atoms with Crippen LogP contribution in [0.1, 0.15) is 21.5 Å². The number of carbonyl (C=O) groups excluding carboxylic acids is 2. The van der Waals surface area contributed by atoms with Crippen LogP contribution in [0.15, 0.2) is 81.3 Å². The van der Waals surface area contributed by atoms with Crippen molar-refractivity contribution in [2.75, 3.05) is 0 Å². The molecule has 0 aliphatic carbocycles. The molecule has 2 aromatic carbocycles. The van der Waals surface area contributed by atoms with Crippen molar-refractivity contribution in [2.45, 2.75) is 6.54 Å². The van der Waals surface area contributed by atoms with Gasteiger partial charge < -0.3 is 9.90 Å². The molecule has 7 heteroatoms. The van der Waals surface area contributed by atoms with Crippen LogP contribution in [0.4, 0.5) is 5.69 Å². The number of amides is 1. The van der Waals surface area contributed by atoms with Crippen LogP contribution in [0.2, 0.25) is 0 Å². The molecule has 0 bridgehead atoms. The maximum Gasteiger partial charge on any atom is 0.267 e. The van der Waals surface area contributed by atoms with Crippen LogP contribution in [-0.4, -0.2) is 21.9 Å². The number of carboxylic acid groups (broad SMARTS) is 1. The van der Waals surface area contributed by atoms with E-state index in [1.807, 2.05) is 53.2 Å². The summed E-state index contributed by atoms with van der Waals surface area (Å²) in [5.74, 6) is -1.35. The van der Waals surface area contributed by atoms with Crippen molar-refractivity contribution in [3.05, 3.63) is 93.0 Å². The van der Waals surface area contributed by atoms with Gasteiger partial charge in [0, 0.05) is 0 Å². The molecule has 0 atom stereocenters. The van der Waals surface area contributed by atoms with Crippen molar-refractivity contribution >= 4 is 51.9 Å². The number of para-hydroxylation sites is 1. The Kier molecular flexibility index (Phi) is 5.59. The van der Waals surface area contributed by atoms with Crippen LogP contribution >= 0.6 is 23.1 Å². The Bertz CT molecular complexity index is 1090. The van der Waals surface area contributed by atoms with Gasteiger partial charge in [-0.3, -0.25) is 9.69 Å². The van der Waals surface area contributed by atoms with Gasteiger partial charge in [-0.15, -0.1) is 0 Å². The van der Waals surface area contributed by atoms with E-state index < -0.39 is 5.97 Å². The lowest BCUT2D eigenvalue weighted by Gasteiger charge is -2.16. The monoisotopic (exact) mass is 419 g/mol. The second-order valence-electron chi connectivity index (χ2n) is 6.27. The molecule has 4 rings (SSSR count). The van der Waals surface area contributed by atoms with E-state index in [9.17, 15) is 14.7 Å². The molecule has 1 aromatic heterocycles. The number of nitrogens with zero attached hydrogens (tertiary/aromatic N) is 2. The predicted octanol–water partition coefficient (Wildman–Crippen LogP) is 3.92. The fourth-order valence-corrected chi connectivity index (χ4v) is 4.40. The third-order valence-electron chi connectivity index (χ3n) is 4.24. The van der Waals surface area contributed by atoms with Gasteiger partial charge in [-0.05, 0) is 63.5 Å². The summed E-state index contributed by atoms with van der Waals surface area (Å²) in [5, 5.41) is 15.5. The van der Waals surface area contributed by atoms with Gasteiger partial charge in [-0.25, -0.2) is 4.99 Å². The maximum atomic E-state index is 13.1. The van der Waals surface area contributed by atoms with Gasteiger partial charge in [0.1, 0.15) is 0 Å². The number of hydrogen-bond acceptors (Lipinski definition) is 6. The van der Waals surface area contributed by atoms with E-state index in [0.717, 1.165) is 16.8 Å². The fraction of sp³-hybridized carbons (Fsp3) is 0.0455. The van der Waals surface area contributed by atoms with Gasteiger partial charge in [-0.2, -0.15) is 11.3 Å². The molecule has 0 N–H and O–H groups in total. The minimum absolute atomic E-state index is 0.104. The Morgan fingerprint density at radius 3 is 2.48 bits per heavy atom. The quantitative estimate of drug-likeness (QED) is 0.588. The van der Waals surface area contributed by atoms with Crippen molar-refractivity contribution < 1.29 is 14.7 Å². The third-order valence-corrected chi connectivity index (χ3v) is 5.95. The molecule has 0 unspecified atom stereocenters. The Hall–Kier alpha value is -3.16. The Labute approximate surface area is 176 Å². The minimum Gasteiger partial charge on any atom is -0.545 e. The Morgan fingerprint density at radius 1 is 1.07 bits per heavy atom. The largest absolute Gasteiger partial charge is 0.545 e. The SMILES string of the molecule is O=C([O-])c1ccc(CN2C(=O)/C(=C/c3ccsc3)SC2=Nc2ccccc2)cc1. The lowest BCUT2D eigenvalue weighted by atomic mass is 10.1. The third kappa shape index (κ3) is 4.47. The molecule has 1 fully saturated rings. The molecule has 5 nitrogen and oxygen atoms in total. The molecule has 144 valence electrons. The van der Waals surface area contributed by atoms with Gasteiger partial charge in [0.2, 0.25) is 0 Å². The number of benzene rings is 2. The van der Waals surface area contributed by atoms with Crippen molar-refractivity contribution in [3.63, 3.8) is 0 Å². The standard InChI is InChI=1S/C22H16N2O3S2/c25-20-19(12-16-10-11-28-14-16)29-22(23-18-4-2-1-3-5-18)24(20)13-15-6-8-17(9-7-15)21(26)27/h1-12,14H,13H2,(H,26,27)/p-1/b19-12-,23-22?. The van der Waals surface area contributed by atoms with E-state index >= 15 is 0 Å². The molecular weight excluding hydrogens is 404 g/mol. The number of aromatic carboxylic acids is 1. The van der Waals surface area contributed by atoms with E-state index in [2.05, 4.69) is 4.99 Å². The number of carbonyl (C=O) groups is 2. The van der Waals surface area contributed by atoms with Crippen LogP contribution < -0.4 is 5.11 Å². The fourth-order valence-electron chi connectivity index (χ4n) is 2.78. The van der Waals surface area contributed by atoms with Crippen LogP contribution in [0.5, 0.6) is 0 Å². The van der Waals surface area contributed by atoms with Gasteiger partial charge in [0.05, 0.1) is 23.1 Å². The number of rotatable bonds is 5. The van der Waals surface area contributed by atoms with E-state index in [4.69, 9.17) is 0 Å². The molecule has 1 aliphatic rings. The van der Waals surface area contributed by atoms with E-state index in [1.165, 1.54) is 23.9 Å². The molecule has 0 radical (unpaired) electrons. The number of amidine groups is 1. The molecule has 29 heavy (non-hydrogen) atoms. The van der Waals surface area contributed by atoms with Crippen LogP contribution in [0.25, 0.3) is 6.08 Å². The number of thiophene rings is 1. The van der Waals surface area contributed by atoms with Gasteiger partial charge in [0.15, 0.2) is 5.17 Å². The topological polar surface area (TPSA) is 72.8 Å². The highest BCUT2D eigenvalue weighted by molar-refractivity contribution is 8.18. The van der Waals surface area contributed by atoms with Crippen molar-refractivity contribution in [2.24, 2.45) is 4.99 Å². The van der Waals surface area contributed by atoms with E-state index in [1.54, 1.807) is 28.4 Å². The number of hydrogen-bond donors (Lipinski definition) is 0. The molecule has 1 aliphatic heterocycles. The first kappa shape index (κ1) is 19.2. The summed E-state index contributed by atoms with van der Waals surface area (Å²) in [7, 11) is 0. The second-order valence-corrected chi connectivity index (χ2v) is 8.06. The van der Waals surface area contributed by atoms with Gasteiger partial charge in [0.25, 0.3) is 5.91 Å². The summed E-state index contributed by atoms with van der Waals surface area (Å²) < 4.78 is 0. The summed E-state index contributed by atoms with van der Waals surface area (Å²) in [6.07, 6.45) is 1.86. The highest BCUT2D eigenvalue weighted by Gasteiger charge is 2.33. The molecule has 0 saturated carbocycles. The molecule has 1 amide bonds. The van der Waals surface area contributed by atoms with Crippen LogP contribution in [0.3, 0.4) is 0 Å². The second kappa shape index (κ2) is 8.46. The zero-order valence-corrected chi connectivity index (χ0v) is 16.8. The smallest absolute Gasteiger partial charge is 0.267 e. The zero-order chi connectivity index (χ0) is 20.2. The minimum atomic E-state index is -1.23. The molecule has 1 saturated heterocycles. The van der Waals surface area contributed by atoms with Gasteiger partial charge >= 0.3 is 0 Å². The summed E-state index contributed by atoms with van der Waals surface area (Å²) in [6.45, 7) is 0.297. The lowest BCUT2D eigenvalue weighted by molar-refractivity contribution is -0.255. The van der Waals surface area contributed by atoms with E-state index in [-0.39, 0.29) is 11.5 Å². The Morgan fingerprint density at radius 2 is 1.83 bits per heavy atom. The van der Waals surface area contributed by atoms with Gasteiger partial charge in [-0.1, -0.05) is 42.5 Å². The summed E-state index contributed by atoms with van der Waals surface area (Å²) in [5.41, 5.74) is 2.65. The summed E-state index contributed by atoms with van der Waals surface area (Å²) in [6, 6.07) is 17.8. The van der Waals surface area contributed by atoms with Crippen LogP contribution in [-0.2, 0) is 11.3 Å². The highest BCUT2D eigenvalue weighted by Crippen LogP contribution is 2.35. The Balaban J connectivity index is 1.66. The maximum absolute atomic E-state index is 13.1. The first-order valence-corrected chi connectivity index (χ1v) is 10.5. The first-order chi connectivity index (χ1) is 14.1. The first-order valence-electron chi connectivity index (χ1n) is 8.78. The van der Waals surface area contributed by atoms with E-state index in [0.29, 0.717) is 16.6 Å². The molecule has 2 heterocycles. The highest BCUT2D eigenvalue weighted by atomic mass is 32.2. The number of thioether (sulfide) groups is 1. The zero-order valence-electron chi connectivity index (χ0n) is 15.1. The molecule has 0 spiro atoms. The average molecular weight is 420 g/mol. The average Bonchev–Trinajstić information content (AvgIpc) is 3.33. The number of carboxylic acids is 1. The molecule has 3 aromatic rings. The summed E-state index contributed by atoms with van der Waals surface area (Å²) in [4.78, 5) is 30.9. The van der Waals surface area contributed by atoms with Crippen molar-refractivity contribution in [1.29, 1.82) is 0 Å². The lowest BCUT2D eigenvalue weighted by Crippen LogP contribution is -2.28. The summed E-state index contributed by atoms with van der Waals surface area (Å²) >= 11 is 2.91. The predicted molar refractivity (Wildman–Crippen MR) is 115 cm³/mol. The van der Waals surface area contributed by atoms with Crippen molar-refractivity contribution in [3.8, 4) is 0 Å².